The fraction of sp³-hybridized carbons (Fsp3) is 1.00. The van der Waals surface area contributed by atoms with Crippen LogP contribution in [0.1, 0.15) is 20.8 Å². The summed E-state index contributed by atoms with van der Waals surface area (Å²) in [7, 11) is 0. The first-order chi connectivity index (χ1) is 6.59. The van der Waals surface area contributed by atoms with Crippen LogP contribution in [-0.4, -0.2) is 0 Å². The number of rotatable bonds is 0. The van der Waals surface area contributed by atoms with Gasteiger partial charge in [-0.1, -0.05) is 20.8 Å². The van der Waals surface area contributed by atoms with Crippen LogP contribution in [0.4, 0.5) is 0 Å². The summed E-state index contributed by atoms with van der Waals surface area (Å²) in [5.41, 5.74) is 3.67. The van der Waals surface area contributed by atoms with Crippen LogP contribution in [0.3, 0.4) is 0 Å². The quantitative estimate of drug-likeness (QED) is 0.542. The Morgan fingerprint density at radius 3 is 1.93 bits per heavy atom. The summed E-state index contributed by atoms with van der Waals surface area (Å²) in [5, 5.41) is 0. The van der Waals surface area contributed by atoms with E-state index >= 15 is 0 Å². The normalized spacial score (nSPS) is 99.2. The smallest absolute Gasteiger partial charge is 0.0136 e. The Hall–Kier alpha value is 0. The lowest BCUT2D eigenvalue weighted by atomic mass is 9.17. The molecule has 7 rings (SSSR count). The number of hydrogen-bond acceptors (Lipinski definition) is 0. The van der Waals surface area contributed by atoms with Crippen LogP contribution < -0.4 is 0 Å². The van der Waals surface area contributed by atoms with E-state index in [0.29, 0.717) is 5.41 Å². The van der Waals surface area contributed by atoms with Gasteiger partial charge < -0.3 is 0 Å². The first-order valence-electron chi connectivity index (χ1n) is 6.59. The van der Waals surface area contributed by atoms with Gasteiger partial charge in [-0.05, 0) is 63.1 Å². The lowest BCUT2D eigenvalue weighted by Crippen LogP contribution is -2.84. The van der Waals surface area contributed by atoms with E-state index in [9.17, 15) is 0 Å². The van der Waals surface area contributed by atoms with Crippen LogP contribution in [0.25, 0.3) is 0 Å². The molecule has 7 aliphatic rings. The molecule has 0 heteroatoms. The van der Waals surface area contributed by atoms with Crippen LogP contribution in [0.5, 0.6) is 0 Å². The zero-order valence-corrected chi connectivity index (χ0v) is 9.04. The molecular formula is C14H16. The Kier molecular flexibility index (Phi) is 0.391. The van der Waals surface area contributed by atoms with Crippen molar-refractivity contribution in [2.24, 2.45) is 63.1 Å². The molecule has 0 bridgehead atoms. The molecule has 0 heterocycles. The molecule has 0 saturated heterocycles. The van der Waals surface area contributed by atoms with E-state index in [4.69, 9.17) is 0 Å². The maximum Gasteiger partial charge on any atom is -0.0136 e. The fourth-order valence-electron chi connectivity index (χ4n) is 9.74. The van der Waals surface area contributed by atoms with E-state index in [0.717, 1.165) is 16.2 Å². The van der Waals surface area contributed by atoms with Crippen LogP contribution in [0.15, 0.2) is 0 Å². The molecule has 0 aromatic carbocycles. The van der Waals surface area contributed by atoms with Gasteiger partial charge in [0.1, 0.15) is 0 Å². The summed E-state index contributed by atoms with van der Waals surface area (Å²) in [6.07, 6.45) is 0. The molecule has 0 radical (unpaired) electrons. The Morgan fingerprint density at radius 2 is 1.43 bits per heavy atom. The van der Waals surface area contributed by atoms with Gasteiger partial charge in [-0.25, -0.2) is 0 Å². The minimum Gasteiger partial charge on any atom is -0.0596 e. The van der Waals surface area contributed by atoms with Crippen molar-refractivity contribution >= 4 is 0 Å². The van der Waals surface area contributed by atoms with Crippen molar-refractivity contribution in [3.63, 3.8) is 0 Å². The first-order valence-corrected chi connectivity index (χ1v) is 6.59. The lowest BCUT2D eigenvalue weighted by Gasteiger charge is -2.86. The molecule has 0 N–H and O–H groups in total. The van der Waals surface area contributed by atoms with Crippen LogP contribution in [0.2, 0.25) is 0 Å². The second kappa shape index (κ2) is 0.924. The van der Waals surface area contributed by atoms with Crippen LogP contribution in [0, 0.1) is 63.1 Å². The molecule has 0 nitrogen and oxygen atoms in total. The first kappa shape index (κ1) is 5.92. The highest BCUT2D eigenvalue weighted by Crippen LogP contribution is 3.29. The molecule has 72 valence electrons. The molecule has 7 saturated carbocycles. The van der Waals surface area contributed by atoms with E-state index in [1.807, 2.05) is 0 Å². The van der Waals surface area contributed by atoms with E-state index in [1.165, 1.54) is 41.4 Å². The lowest BCUT2D eigenvalue weighted by molar-refractivity contribution is -0.410. The second-order valence-corrected chi connectivity index (χ2v) is 8.68. The van der Waals surface area contributed by atoms with Gasteiger partial charge in [0.2, 0.25) is 0 Å². The van der Waals surface area contributed by atoms with Crippen LogP contribution >= 0.6 is 0 Å². The molecule has 2 spiro atoms. The highest BCUT2D eigenvalue weighted by Gasteiger charge is 3.27. The summed E-state index contributed by atoms with van der Waals surface area (Å²) in [6, 6.07) is 0. The molecule has 0 aromatic rings. The SMILES string of the molecule is CC(C)(C)C12C3C4C5C6C1C61C5C43C12. The zero-order chi connectivity index (χ0) is 9.04. The number of fused-ring (bicyclic) bond motifs is 6. The summed E-state index contributed by atoms with van der Waals surface area (Å²) in [4.78, 5) is 0. The van der Waals surface area contributed by atoms with Gasteiger partial charge in [-0.15, -0.1) is 0 Å². The molecule has 6 unspecified atom stereocenters. The maximum absolute atomic E-state index is 2.55. The average Bonchev–Trinajstić information content (AvgIpc) is 2.84. The van der Waals surface area contributed by atoms with Gasteiger partial charge in [0.15, 0.2) is 0 Å². The van der Waals surface area contributed by atoms with E-state index in [1.54, 1.807) is 0 Å². The minimum absolute atomic E-state index is 0.643. The maximum atomic E-state index is 2.55. The molecule has 7 aliphatic carbocycles. The number of hydrogen-bond donors (Lipinski definition) is 0. The van der Waals surface area contributed by atoms with Gasteiger partial charge in [-0.3, -0.25) is 0 Å². The third kappa shape index (κ3) is 0.175. The van der Waals surface area contributed by atoms with Crippen molar-refractivity contribution in [1.29, 1.82) is 0 Å². The van der Waals surface area contributed by atoms with E-state index in [-0.39, 0.29) is 0 Å². The molecule has 6 atom stereocenters. The van der Waals surface area contributed by atoms with Crippen LogP contribution in [-0.2, 0) is 0 Å². The van der Waals surface area contributed by atoms with Crippen molar-refractivity contribution in [1.82, 2.24) is 0 Å². The molecular weight excluding hydrogens is 168 g/mol. The van der Waals surface area contributed by atoms with Crippen molar-refractivity contribution in [2.75, 3.05) is 0 Å². The molecule has 0 aliphatic heterocycles. The molecule has 0 amide bonds. The van der Waals surface area contributed by atoms with Crippen molar-refractivity contribution < 1.29 is 0 Å². The van der Waals surface area contributed by atoms with E-state index < -0.39 is 0 Å². The van der Waals surface area contributed by atoms with Crippen molar-refractivity contribution in [3.05, 3.63) is 0 Å². The largest absolute Gasteiger partial charge is 0.0596 e. The Balaban J connectivity index is 1.63. The summed E-state index contributed by atoms with van der Waals surface area (Å²) >= 11 is 0. The van der Waals surface area contributed by atoms with Gasteiger partial charge in [0.25, 0.3) is 0 Å². The zero-order valence-electron chi connectivity index (χ0n) is 9.04. The highest BCUT2D eigenvalue weighted by molar-refractivity contribution is 5.72. The Labute approximate surface area is 84.4 Å². The van der Waals surface area contributed by atoms with Crippen molar-refractivity contribution in [3.8, 4) is 0 Å². The summed E-state index contributed by atoms with van der Waals surface area (Å²) in [6.45, 7) is 7.64. The topological polar surface area (TPSA) is 0 Å². The predicted octanol–water partition coefficient (Wildman–Crippen LogP) is 2.40. The molecule has 0 aromatic heterocycles. The predicted molar refractivity (Wildman–Crippen MR) is 51.2 cm³/mol. The molecule has 14 heavy (non-hydrogen) atoms. The van der Waals surface area contributed by atoms with Gasteiger partial charge in [0.05, 0.1) is 0 Å². The highest BCUT2D eigenvalue weighted by atomic mass is 15.3. The summed E-state index contributed by atoms with van der Waals surface area (Å²) < 4.78 is 0. The molecule has 7 fully saturated rings. The minimum atomic E-state index is 0.643. The third-order valence-electron chi connectivity index (χ3n) is 8.83. The monoisotopic (exact) mass is 184 g/mol. The fourth-order valence-corrected chi connectivity index (χ4v) is 9.74. The Morgan fingerprint density at radius 1 is 0.857 bits per heavy atom. The third-order valence-corrected chi connectivity index (χ3v) is 8.83. The van der Waals surface area contributed by atoms with Gasteiger partial charge >= 0.3 is 0 Å². The van der Waals surface area contributed by atoms with Gasteiger partial charge in [0, 0.05) is 0 Å². The van der Waals surface area contributed by atoms with Gasteiger partial charge in [-0.2, -0.15) is 0 Å². The average molecular weight is 184 g/mol. The summed E-state index contributed by atoms with van der Waals surface area (Å²) in [5.74, 6) is 9.03. The van der Waals surface area contributed by atoms with E-state index in [2.05, 4.69) is 20.8 Å². The standard InChI is InChI=1S/C14H16/c1-11(2,3)14-8-5-4-6-9(14)13(6)7(4)12(5,8)10(13)14/h4-10H,1-3H3. The second-order valence-electron chi connectivity index (χ2n) is 8.68. The van der Waals surface area contributed by atoms with Crippen molar-refractivity contribution in [2.45, 2.75) is 20.8 Å². The Bertz CT molecular complexity index is 451.